The number of benzene rings is 1. The average molecular weight is 269 g/mol. The number of nitrogens with zero attached hydrogens (tertiary/aromatic N) is 1. The zero-order valence-corrected chi connectivity index (χ0v) is 10.4. The number of cyclic esters (lactones) is 1. The highest BCUT2D eigenvalue weighted by molar-refractivity contribution is 5.70. The first-order valence-corrected chi connectivity index (χ1v) is 6.13. The van der Waals surface area contributed by atoms with Crippen LogP contribution in [-0.2, 0) is 4.74 Å². The predicted octanol–water partition coefficient (Wildman–Crippen LogP) is 1.41. The number of carbonyl (C=O) groups excluding carboxylic acids is 1. The lowest BCUT2D eigenvalue weighted by molar-refractivity contribution is 0.149. The molecule has 1 atom stereocenters. The molecule has 104 valence electrons. The van der Waals surface area contributed by atoms with E-state index in [9.17, 15) is 9.18 Å². The molecule has 1 amide bonds. The fourth-order valence-electron chi connectivity index (χ4n) is 1.87. The van der Waals surface area contributed by atoms with E-state index >= 15 is 0 Å². The molecule has 1 aromatic carbocycles. The molecule has 6 heteroatoms. The lowest BCUT2D eigenvalue weighted by Gasteiger charge is -2.19. The number of amides is 1. The minimum atomic E-state index is -0.402. The largest absolute Gasteiger partial charge is 0.494 e. The van der Waals surface area contributed by atoms with Gasteiger partial charge >= 0.3 is 6.09 Å². The smallest absolute Gasteiger partial charge is 0.410 e. The van der Waals surface area contributed by atoms with Crippen molar-refractivity contribution in [1.29, 1.82) is 0 Å². The van der Waals surface area contributed by atoms with Gasteiger partial charge in [0.1, 0.15) is 18.2 Å². The Morgan fingerprint density at radius 2 is 2.16 bits per heavy atom. The third-order valence-electron chi connectivity index (χ3n) is 2.91. The third-order valence-corrected chi connectivity index (χ3v) is 2.91. The Balaban J connectivity index is 1.71. The molecule has 1 N–H and O–H groups in total. The molecular weight excluding hydrogens is 253 g/mol. The molecule has 0 saturated carbocycles. The van der Waals surface area contributed by atoms with Gasteiger partial charge in [0.15, 0.2) is 0 Å². The number of rotatable bonds is 6. The molecule has 0 unspecified atom stereocenters. The Kier molecular flexibility index (Phi) is 4.57. The van der Waals surface area contributed by atoms with E-state index in [1.165, 1.54) is 17.0 Å². The lowest BCUT2D eigenvalue weighted by atomic mass is 10.3. The topological polar surface area (TPSA) is 59.0 Å². The zero-order valence-electron chi connectivity index (χ0n) is 10.4. The van der Waals surface area contributed by atoms with E-state index in [1.807, 2.05) is 0 Å². The van der Waals surface area contributed by atoms with E-state index in [2.05, 4.69) is 0 Å². The van der Waals surface area contributed by atoms with Crippen molar-refractivity contribution >= 4 is 6.09 Å². The number of aliphatic hydroxyl groups excluding tert-OH is 1. The second kappa shape index (κ2) is 6.38. The van der Waals surface area contributed by atoms with Crippen molar-refractivity contribution in [2.45, 2.75) is 12.5 Å². The molecule has 1 aliphatic rings. The molecule has 1 aliphatic heterocycles. The van der Waals surface area contributed by atoms with E-state index in [4.69, 9.17) is 14.6 Å². The number of hydrogen-bond donors (Lipinski definition) is 1. The maximum atomic E-state index is 12.7. The van der Waals surface area contributed by atoms with E-state index < -0.39 is 6.09 Å². The fourth-order valence-corrected chi connectivity index (χ4v) is 1.87. The average Bonchev–Trinajstić information content (AvgIpc) is 2.77. The summed E-state index contributed by atoms with van der Waals surface area (Å²) in [6, 6.07) is 5.49. The van der Waals surface area contributed by atoms with E-state index in [1.54, 1.807) is 12.1 Å². The predicted molar refractivity (Wildman–Crippen MR) is 65.4 cm³/mol. The number of aliphatic hydroxyl groups is 1. The van der Waals surface area contributed by atoms with Crippen molar-refractivity contribution in [3.63, 3.8) is 0 Å². The normalized spacial score (nSPS) is 18.5. The highest BCUT2D eigenvalue weighted by Gasteiger charge is 2.31. The molecule has 0 bridgehead atoms. The molecule has 5 nitrogen and oxygen atoms in total. The van der Waals surface area contributed by atoms with E-state index in [0.29, 0.717) is 25.3 Å². The van der Waals surface area contributed by atoms with Crippen LogP contribution in [0.4, 0.5) is 9.18 Å². The van der Waals surface area contributed by atoms with Gasteiger partial charge < -0.3 is 14.6 Å². The number of carbonyl (C=O) groups is 1. The summed E-state index contributed by atoms with van der Waals surface area (Å²) in [5.74, 6) is 0.280. The van der Waals surface area contributed by atoms with Gasteiger partial charge in [0.05, 0.1) is 19.3 Å². The van der Waals surface area contributed by atoms with Crippen molar-refractivity contribution < 1.29 is 23.8 Å². The summed E-state index contributed by atoms with van der Waals surface area (Å²) in [5.41, 5.74) is 0. The monoisotopic (exact) mass is 269 g/mol. The van der Waals surface area contributed by atoms with Crippen molar-refractivity contribution in [2.24, 2.45) is 0 Å². The number of halogens is 1. The fraction of sp³-hybridized carbons (Fsp3) is 0.462. The summed E-state index contributed by atoms with van der Waals surface area (Å²) in [7, 11) is 0. The van der Waals surface area contributed by atoms with Crippen LogP contribution in [0.25, 0.3) is 0 Å². The summed E-state index contributed by atoms with van der Waals surface area (Å²) in [5, 5.41) is 9.07. The van der Waals surface area contributed by atoms with Crippen LogP contribution >= 0.6 is 0 Å². The minimum Gasteiger partial charge on any atom is -0.494 e. The van der Waals surface area contributed by atoms with Crippen molar-refractivity contribution in [3.05, 3.63) is 30.1 Å². The Bertz CT molecular complexity index is 423. The Morgan fingerprint density at radius 3 is 2.84 bits per heavy atom. The Hall–Kier alpha value is -1.82. The van der Waals surface area contributed by atoms with Gasteiger partial charge in [-0.15, -0.1) is 0 Å². The number of hydrogen-bond acceptors (Lipinski definition) is 4. The highest BCUT2D eigenvalue weighted by Crippen LogP contribution is 2.14. The maximum absolute atomic E-state index is 12.7. The first-order valence-electron chi connectivity index (χ1n) is 6.13. The molecule has 1 heterocycles. The lowest BCUT2D eigenvalue weighted by Crippen LogP contribution is -2.37. The third kappa shape index (κ3) is 3.57. The molecule has 1 aromatic rings. The summed E-state index contributed by atoms with van der Waals surface area (Å²) in [4.78, 5) is 12.8. The van der Waals surface area contributed by atoms with Crippen LogP contribution in [0.2, 0.25) is 0 Å². The molecule has 0 aliphatic carbocycles. The van der Waals surface area contributed by atoms with Crippen LogP contribution in [0.3, 0.4) is 0 Å². The molecule has 0 aromatic heterocycles. The van der Waals surface area contributed by atoms with Crippen LogP contribution < -0.4 is 4.74 Å². The Morgan fingerprint density at radius 1 is 1.42 bits per heavy atom. The van der Waals surface area contributed by atoms with Gasteiger partial charge in [0.2, 0.25) is 0 Å². The van der Waals surface area contributed by atoms with Gasteiger partial charge in [-0.2, -0.15) is 0 Å². The van der Waals surface area contributed by atoms with Crippen LogP contribution in [0.5, 0.6) is 5.75 Å². The highest BCUT2D eigenvalue weighted by atomic mass is 19.1. The van der Waals surface area contributed by atoms with Gasteiger partial charge in [-0.1, -0.05) is 0 Å². The molecule has 1 fully saturated rings. The molecular formula is C13H16FNO4. The van der Waals surface area contributed by atoms with Gasteiger partial charge in [0.25, 0.3) is 0 Å². The summed E-state index contributed by atoms with van der Waals surface area (Å²) in [6.45, 7) is 0.998. The van der Waals surface area contributed by atoms with Crippen LogP contribution in [0.15, 0.2) is 24.3 Å². The maximum Gasteiger partial charge on any atom is 0.410 e. The molecule has 0 spiro atoms. The SMILES string of the molecule is O=C1OC[C@@H](CO)N1CCCOc1ccc(F)cc1. The summed E-state index contributed by atoms with van der Waals surface area (Å²) < 4.78 is 22.9. The minimum absolute atomic E-state index is 0.107. The first-order chi connectivity index (χ1) is 9.20. The summed E-state index contributed by atoms with van der Waals surface area (Å²) in [6.07, 6.45) is 0.212. The Labute approximate surface area is 110 Å². The van der Waals surface area contributed by atoms with E-state index in [0.717, 1.165) is 0 Å². The first kappa shape index (κ1) is 13.6. The van der Waals surface area contributed by atoms with Crippen LogP contribution in [0.1, 0.15) is 6.42 Å². The van der Waals surface area contributed by atoms with Crippen LogP contribution in [-0.4, -0.2) is 48.5 Å². The number of ether oxygens (including phenoxy) is 2. The van der Waals surface area contributed by atoms with E-state index in [-0.39, 0.29) is 25.1 Å². The van der Waals surface area contributed by atoms with Crippen molar-refractivity contribution in [2.75, 3.05) is 26.4 Å². The molecule has 1 saturated heterocycles. The molecule has 0 radical (unpaired) electrons. The van der Waals surface area contributed by atoms with Gasteiger partial charge in [-0.25, -0.2) is 9.18 Å². The quantitative estimate of drug-likeness (QED) is 0.793. The second-order valence-electron chi connectivity index (χ2n) is 4.26. The standard InChI is InChI=1S/C13H16FNO4/c14-10-2-4-12(5-3-10)18-7-1-6-15-11(8-16)9-19-13(15)17/h2-5,11,16H,1,6-9H2/t11-/m1/s1. The summed E-state index contributed by atoms with van der Waals surface area (Å²) >= 11 is 0. The van der Waals surface area contributed by atoms with Crippen LogP contribution in [0, 0.1) is 5.82 Å². The molecule has 2 rings (SSSR count). The van der Waals surface area contributed by atoms with Gasteiger partial charge in [-0.05, 0) is 30.7 Å². The zero-order chi connectivity index (χ0) is 13.7. The molecule has 19 heavy (non-hydrogen) atoms. The van der Waals surface area contributed by atoms with Gasteiger partial charge in [0, 0.05) is 6.54 Å². The van der Waals surface area contributed by atoms with Crippen molar-refractivity contribution in [3.8, 4) is 5.75 Å². The van der Waals surface area contributed by atoms with Gasteiger partial charge in [-0.3, -0.25) is 4.90 Å². The van der Waals surface area contributed by atoms with Crippen molar-refractivity contribution in [1.82, 2.24) is 4.90 Å². The second-order valence-corrected chi connectivity index (χ2v) is 4.26.